The Morgan fingerprint density at radius 3 is 2.77 bits per heavy atom. The van der Waals surface area contributed by atoms with Crippen LogP contribution in [0.3, 0.4) is 0 Å². The van der Waals surface area contributed by atoms with Gasteiger partial charge in [0.2, 0.25) is 5.89 Å². The molecule has 4 heteroatoms. The summed E-state index contributed by atoms with van der Waals surface area (Å²) in [6.07, 6.45) is 2.48. The Bertz CT molecular complexity index is 281. The fraction of sp³-hybridized carbons (Fsp3) is 0.667. The summed E-state index contributed by atoms with van der Waals surface area (Å²) in [7, 11) is 0. The zero-order valence-corrected chi connectivity index (χ0v) is 8.04. The van der Waals surface area contributed by atoms with Gasteiger partial charge < -0.3 is 4.52 Å². The Morgan fingerprint density at radius 1 is 1.46 bits per heavy atom. The second kappa shape index (κ2) is 4.74. The van der Waals surface area contributed by atoms with E-state index >= 15 is 0 Å². The molecular formula is C9H14N2O2. The minimum absolute atomic E-state index is 0.161. The summed E-state index contributed by atoms with van der Waals surface area (Å²) >= 11 is 0. The van der Waals surface area contributed by atoms with Gasteiger partial charge in [0.05, 0.1) is 6.42 Å². The van der Waals surface area contributed by atoms with E-state index in [1.165, 1.54) is 0 Å². The highest BCUT2D eigenvalue weighted by Gasteiger charge is 2.09. The molecule has 4 nitrogen and oxygen atoms in total. The summed E-state index contributed by atoms with van der Waals surface area (Å²) in [5.41, 5.74) is 0. The Morgan fingerprint density at radius 2 is 2.23 bits per heavy atom. The predicted molar refractivity (Wildman–Crippen MR) is 47.3 cm³/mol. The van der Waals surface area contributed by atoms with E-state index < -0.39 is 0 Å². The molecule has 0 unspecified atom stereocenters. The molecule has 0 saturated heterocycles. The lowest BCUT2D eigenvalue weighted by atomic mass is 10.2. The third-order valence-electron chi connectivity index (χ3n) is 1.70. The maximum absolute atomic E-state index is 11.2. The summed E-state index contributed by atoms with van der Waals surface area (Å²) in [6, 6.07) is 0. The largest absolute Gasteiger partial charge is 0.339 e. The minimum Gasteiger partial charge on any atom is -0.339 e. The summed E-state index contributed by atoms with van der Waals surface area (Å²) in [4.78, 5) is 15.2. The number of Topliss-reactive ketones (excluding diaryl/α,β-unsaturated/α-hetero) is 1. The van der Waals surface area contributed by atoms with Crippen molar-refractivity contribution in [2.24, 2.45) is 0 Å². The third-order valence-corrected chi connectivity index (χ3v) is 1.70. The molecule has 0 bridgehead atoms. The summed E-state index contributed by atoms with van der Waals surface area (Å²) in [5.74, 6) is 1.27. The Balaban J connectivity index is 2.49. The molecule has 13 heavy (non-hydrogen) atoms. The van der Waals surface area contributed by atoms with E-state index in [2.05, 4.69) is 10.1 Å². The maximum Gasteiger partial charge on any atom is 0.234 e. The Kier molecular flexibility index (Phi) is 3.61. The van der Waals surface area contributed by atoms with Gasteiger partial charge in [0.25, 0.3) is 0 Å². The van der Waals surface area contributed by atoms with Crippen molar-refractivity contribution >= 4 is 5.78 Å². The van der Waals surface area contributed by atoms with Crippen LogP contribution in [0, 0.1) is 0 Å². The molecule has 0 atom stereocenters. The van der Waals surface area contributed by atoms with Crippen LogP contribution in [0.4, 0.5) is 0 Å². The second-order valence-electron chi connectivity index (χ2n) is 2.92. The molecular weight excluding hydrogens is 168 g/mol. The molecule has 0 aliphatic rings. The number of hydrogen-bond acceptors (Lipinski definition) is 4. The molecule has 1 aromatic heterocycles. The van der Waals surface area contributed by atoms with E-state index in [1.54, 1.807) is 0 Å². The SMILES string of the molecule is CCCC(=O)Cc1nc(CC)no1. The van der Waals surface area contributed by atoms with E-state index in [0.717, 1.165) is 12.8 Å². The van der Waals surface area contributed by atoms with E-state index in [1.807, 2.05) is 13.8 Å². The van der Waals surface area contributed by atoms with Crippen molar-refractivity contribution < 1.29 is 9.32 Å². The maximum atomic E-state index is 11.2. The Hall–Kier alpha value is -1.19. The molecule has 0 aromatic carbocycles. The first-order chi connectivity index (χ1) is 6.26. The molecule has 0 saturated carbocycles. The quantitative estimate of drug-likeness (QED) is 0.693. The van der Waals surface area contributed by atoms with Crippen LogP contribution in [0.15, 0.2) is 4.52 Å². The third kappa shape index (κ3) is 2.97. The van der Waals surface area contributed by atoms with Crippen LogP contribution in [-0.2, 0) is 17.6 Å². The number of carbonyl (C=O) groups excluding carboxylic acids is 1. The topological polar surface area (TPSA) is 56.0 Å². The first-order valence-electron chi connectivity index (χ1n) is 4.59. The summed E-state index contributed by atoms with van der Waals surface area (Å²) in [6.45, 7) is 3.92. The molecule has 0 radical (unpaired) electrons. The lowest BCUT2D eigenvalue weighted by Crippen LogP contribution is -2.01. The number of nitrogens with zero attached hydrogens (tertiary/aromatic N) is 2. The fourth-order valence-corrected chi connectivity index (χ4v) is 1.04. The molecule has 0 spiro atoms. The first kappa shape index (κ1) is 9.89. The second-order valence-corrected chi connectivity index (χ2v) is 2.92. The fourth-order valence-electron chi connectivity index (χ4n) is 1.04. The monoisotopic (exact) mass is 182 g/mol. The highest BCUT2D eigenvalue weighted by Crippen LogP contribution is 2.02. The van der Waals surface area contributed by atoms with E-state index in [-0.39, 0.29) is 12.2 Å². The van der Waals surface area contributed by atoms with Crippen molar-refractivity contribution in [2.45, 2.75) is 39.5 Å². The summed E-state index contributed by atoms with van der Waals surface area (Å²) in [5, 5.41) is 3.71. The van der Waals surface area contributed by atoms with E-state index in [9.17, 15) is 4.79 Å². The van der Waals surface area contributed by atoms with Gasteiger partial charge in [-0.3, -0.25) is 4.79 Å². The average molecular weight is 182 g/mol. The van der Waals surface area contributed by atoms with Crippen molar-refractivity contribution in [3.8, 4) is 0 Å². The number of aryl methyl sites for hydroxylation is 1. The van der Waals surface area contributed by atoms with Gasteiger partial charge in [-0.05, 0) is 6.42 Å². The van der Waals surface area contributed by atoms with Gasteiger partial charge in [-0.25, -0.2) is 0 Å². The molecule has 0 N–H and O–H groups in total. The predicted octanol–water partition coefficient (Wildman–Crippen LogP) is 1.54. The van der Waals surface area contributed by atoms with Gasteiger partial charge in [0.1, 0.15) is 5.78 Å². The number of ketones is 1. The van der Waals surface area contributed by atoms with Crippen LogP contribution < -0.4 is 0 Å². The van der Waals surface area contributed by atoms with Gasteiger partial charge in [0.15, 0.2) is 5.82 Å². The molecule has 1 aromatic rings. The molecule has 1 rings (SSSR count). The standard InChI is InChI=1S/C9H14N2O2/c1-3-5-7(12)6-9-10-8(4-2)11-13-9/h3-6H2,1-2H3. The van der Waals surface area contributed by atoms with Crippen LogP contribution in [0.5, 0.6) is 0 Å². The molecule has 0 fully saturated rings. The highest BCUT2D eigenvalue weighted by atomic mass is 16.5. The normalized spacial score (nSPS) is 10.3. The van der Waals surface area contributed by atoms with Crippen LogP contribution in [0.25, 0.3) is 0 Å². The van der Waals surface area contributed by atoms with E-state index in [4.69, 9.17) is 4.52 Å². The van der Waals surface area contributed by atoms with Crippen molar-refractivity contribution in [1.82, 2.24) is 10.1 Å². The average Bonchev–Trinajstić information content (AvgIpc) is 2.52. The van der Waals surface area contributed by atoms with Gasteiger partial charge in [-0.1, -0.05) is 19.0 Å². The van der Waals surface area contributed by atoms with Crippen LogP contribution >= 0.6 is 0 Å². The zero-order chi connectivity index (χ0) is 9.68. The van der Waals surface area contributed by atoms with Crippen molar-refractivity contribution in [2.75, 3.05) is 0 Å². The van der Waals surface area contributed by atoms with E-state index in [0.29, 0.717) is 18.1 Å². The molecule has 72 valence electrons. The lowest BCUT2D eigenvalue weighted by Gasteiger charge is -1.91. The number of hydrogen-bond donors (Lipinski definition) is 0. The smallest absolute Gasteiger partial charge is 0.234 e. The first-order valence-corrected chi connectivity index (χ1v) is 4.59. The van der Waals surface area contributed by atoms with Crippen LogP contribution in [0.1, 0.15) is 38.4 Å². The number of rotatable bonds is 5. The van der Waals surface area contributed by atoms with Crippen LogP contribution in [0.2, 0.25) is 0 Å². The van der Waals surface area contributed by atoms with Gasteiger partial charge in [-0.15, -0.1) is 0 Å². The minimum atomic E-state index is 0.161. The molecule has 0 amide bonds. The Labute approximate surface area is 77.3 Å². The molecule has 1 heterocycles. The lowest BCUT2D eigenvalue weighted by molar-refractivity contribution is -0.118. The van der Waals surface area contributed by atoms with Gasteiger partial charge >= 0.3 is 0 Å². The highest BCUT2D eigenvalue weighted by molar-refractivity contribution is 5.79. The van der Waals surface area contributed by atoms with Crippen molar-refractivity contribution in [1.29, 1.82) is 0 Å². The summed E-state index contributed by atoms with van der Waals surface area (Å²) < 4.78 is 4.89. The zero-order valence-electron chi connectivity index (χ0n) is 8.04. The molecule has 0 aliphatic heterocycles. The number of carbonyl (C=O) groups is 1. The van der Waals surface area contributed by atoms with Crippen LogP contribution in [-0.4, -0.2) is 15.9 Å². The van der Waals surface area contributed by atoms with Gasteiger partial charge in [0, 0.05) is 12.8 Å². The van der Waals surface area contributed by atoms with Crippen molar-refractivity contribution in [3.63, 3.8) is 0 Å². The molecule has 0 aliphatic carbocycles. The van der Waals surface area contributed by atoms with Crippen molar-refractivity contribution in [3.05, 3.63) is 11.7 Å². The van der Waals surface area contributed by atoms with Gasteiger partial charge in [-0.2, -0.15) is 4.98 Å². The number of aromatic nitrogens is 2.